The topological polar surface area (TPSA) is 43.4 Å². The summed E-state index contributed by atoms with van der Waals surface area (Å²) in [6.45, 7) is 3.27. The average Bonchev–Trinajstić information content (AvgIpc) is 2.47. The molecule has 1 N–H and O–H groups in total. The second-order valence-electron chi connectivity index (χ2n) is 4.57. The maximum atomic E-state index is 5.82. The van der Waals surface area contributed by atoms with Crippen LogP contribution < -0.4 is 14.8 Å². The highest BCUT2D eigenvalue weighted by Crippen LogP contribution is 2.28. The molecule has 0 fully saturated rings. The molecule has 0 amide bonds. The molecule has 0 aliphatic rings. The van der Waals surface area contributed by atoms with Crippen LogP contribution in [0.4, 0.5) is 0 Å². The minimum absolute atomic E-state index is 0.439. The fourth-order valence-corrected chi connectivity index (χ4v) is 1.96. The first-order valence-corrected chi connectivity index (χ1v) is 6.59. The third-order valence-electron chi connectivity index (χ3n) is 3.09. The lowest BCUT2D eigenvalue weighted by Gasteiger charge is -2.12. The molecule has 1 heterocycles. The van der Waals surface area contributed by atoms with Crippen molar-refractivity contribution in [1.82, 2.24) is 10.3 Å². The number of hydrogen-bond donors (Lipinski definition) is 1. The van der Waals surface area contributed by atoms with E-state index in [2.05, 4.69) is 10.3 Å². The first-order valence-electron chi connectivity index (χ1n) is 6.59. The summed E-state index contributed by atoms with van der Waals surface area (Å²) in [5.41, 5.74) is 3.22. The Morgan fingerprint density at radius 3 is 2.75 bits per heavy atom. The van der Waals surface area contributed by atoms with Crippen LogP contribution in [0.3, 0.4) is 0 Å². The second-order valence-corrected chi connectivity index (χ2v) is 4.57. The van der Waals surface area contributed by atoms with Crippen molar-refractivity contribution < 1.29 is 9.47 Å². The number of aromatic nitrogens is 1. The van der Waals surface area contributed by atoms with Gasteiger partial charge in [-0.25, -0.2) is 0 Å². The van der Waals surface area contributed by atoms with Crippen LogP contribution in [0.15, 0.2) is 36.5 Å². The van der Waals surface area contributed by atoms with E-state index >= 15 is 0 Å². The minimum atomic E-state index is 0.439. The van der Waals surface area contributed by atoms with Gasteiger partial charge in [0.2, 0.25) is 0 Å². The van der Waals surface area contributed by atoms with Gasteiger partial charge in [0.15, 0.2) is 11.5 Å². The predicted octanol–water partition coefficient (Wildman–Crippen LogP) is 2.70. The molecule has 4 nitrogen and oxygen atoms in total. The zero-order valence-corrected chi connectivity index (χ0v) is 12.1. The molecule has 0 unspecified atom stereocenters. The summed E-state index contributed by atoms with van der Waals surface area (Å²) in [4.78, 5) is 4.32. The summed E-state index contributed by atoms with van der Waals surface area (Å²) in [5, 5.41) is 3.11. The quantitative estimate of drug-likeness (QED) is 0.878. The van der Waals surface area contributed by atoms with E-state index in [-0.39, 0.29) is 0 Å². The van der Waals surface area contributed by atoms with Gasteiger partial charge in [-0.1, -0.05) is 12.1 Å². The largest absolute Gasteiger partial charge is 0.493 e. The third kappa shape index (κ3) is 3.48. The SMILES string of the molecule is CNCc1ccc(OCc2ncccc2C)c(OC)c1. The Balaban J connectivity index is 2.11. The van der Waals surface area contributed by atoms with Gasteiger partial charge in [0.05, 0.1) is 12.8 Å². The van der Waals surface area contributed by atoms with Gasteiger partial charge in [-0.15, -0.1) is 0 Å². The summed E-state index contributed by atoms with van der Waals surface area (Å²) in [5.74, 6) is 1.48. The maximum absolute atomic E-state index is 5.82. The van der Waals surface area contributed by atoms with Gasteiger partial charge in [-0.3, -0.25) is 4.98 Å². The minimum Gasteiger partial charge on any atom is -0.493 e. The van der Waals surface area contributed by atoms with E-state index in [1.807, 2.05) is 44.3 Å². The number of rotatable bonds is 6. The summed E-state index contributed by atoms with van der Waals surface area (Å²) >= 11 is 0. The Kier molecular flexibility index (Phi) is 4.96. The average molecular weight is 272 g/mol. The van der Waals surface area contributed by atoms with Gasteiger partial charge in [0, 0.05) is 12.7 Å². The maximum Gasteiger partial charge on any atom is 0.161 e. The third-order valence-corrected chi connectivity index (χ3v) is 3.09. The number of nitrogens with one attached hydrogen (secondary N) is 1. The Labute approximate surface area is 119 Å². The summed E-state index contributed by atoms with van der Waals surface area (Å²) < 4.78 is 11.2. The van der Waals surface area contributed by atoms with E-state index in [1.54, 1.807) is 13.3 Å². The molecule has 0 bridgehead atoms. The molecule has 2 rings (SSSR count). The van der Waals surface area contributed by atoms with Crippen LogP contribution in [0.5, 0.6) is 11.5 Å². The monoisotopic (exact) mass is 272 g/mol. The number of benzene rings is 1. The van der Waals surface area contributed by atoms with Crippen LogP contribution >= 0.6 is 0 Å². The highest BCUT2D eigenvalue weighted by molar-refractivity contribution is 5.43. The fraction of sp³-hybridized carbons (Fsp3) is 0.312. The van der Waals surface area contributed by atoms with Crippen molar-refractivity contribution in [3.05, 3.63) is 53.3 Å². The molecule has 20 heavy (non-hydrogen) atoms. The van der Waals surface area contributed by atoms with Crippen molar-refractivity contribution in [2.24, 2.45) is 0 Å². The van der Waals surface area contributed by atoms with Crippen molar-refractivity contribution in [2.45, 2.75) is 20.1 Å². The summed E-state index contributed by atoms with van der Waals surface area (Å²) in [6, 6.07) is 9.89. The lowest BCUT2D eigenvalue weighted by atomic mass is 10.2. The van der Waals surface area contributed by atoms with Crippen LogP contribution in [-0.4, -0.2) is 19.1 Å². The van der Waals surface area contributed by atoms with Gasteiger partial charge in [0.1, 0.15) is 6.61 Å². The molecule has 0 spiro atoms. The first kappa shape index (κ1) is 14.3. The number of aryl methyl sites for hydroxylation is 1. The Morgan fingerprint density at radius 1 is 1.20 bits per heavy atom. The van der Waals surface area contributed by atoms with E-state index < -0.39 is 0 Å². The van der Waals surface area contributed by atoms with Crippen molar-refractivity contribution in [3.63, 3.8) is 0 Å². The van der Waals surface area contributed by atoms with Crippen LogP contribution in [0, 0.1) is 6.92 Å². The molecule has 4 heteroatoms. The molecular formula is C16H20N2O2. The number of ether oxygens (including phenoxy) is 2. The van der Waals surface area contributed by atoms with Gasteiger partial charge >= 0.3 is 0 Å². The van der Waals surface area contributed by atoms with Gasteiger partial charge in [0.25, 0.3) is 0 Å². The molecule has 106 valence electrons. The highest BCUT2D eigenvalue weighted by Gasteiger charge is 2.07. The molecule has 0 atom stereocenters. The van der Waals surface area contributed by atoms with E-state index in [4.69, 9.17) is 9.47 Å². The number of methoxy groups -OCH3 is 1. The smallest absolute Gasteiger partial charge is 0.161 e. The van der Waals surface area contributed by atoms with Crippen LogP contribution in [0.1, 0.15) is 16.8 Å². The fourth-order valence-electron chi connectivity index (χ4n) is 1.96. The zero-order valence-electron chi connectivity index (χ0n) is 12.1. The molecule has 0 radical (unpaired) electrons. The summed E-state index contributed by atoms with van der Waals surface area (Å²) in [7, 11) is 3.57. The van der Waals surface area contributed by atoms with E-state index in [9.17, 15) is 0 Å². The standard InChI is InChI=1S/C16H20N2O2/c1-12-5-4-8-18-14(12)11-20-15-7-6-13(10-17-2)9-16(15)19-3/h4-9,17H,10-11H2,1-3H3. The van der Waals surface area contributed by atoms with Crippen molar-refractivity contribution in [1.29, 1.82) is 0 Å². The normalized spacial score (nSPS) is 10.3. The van der Waals surface area contributed by atoms with Gasteiger partial charge in [-0.2, -0.15) is 0 Å². The molecule has 1 aromatic heterocycles. The highest BCUT2D eigenvalue weighted by atomic mass is 16.5. The molecule has 1 aromatic carbocycles. The molecular weight excluding hydrogens is 252 g/mol. The van der Waals surface area contributed by atoms with Crippen LogP contribution in [-0.2, 0) is 13.2 Å². The van der Waals surface area contributed by atoms with Gasteiger partial charge in [-0.05, 0) is 43.3 Å². The Bertz CT molecular complexity index is 570. The zero-order chi connectivity index (χ0) is 14.4. The second kappa shape index (κ2) is 6.91. The summed E-state index contributed by atoms with van der Waals surface area (Å²) in [6.07, 6.45) is 1.78. The van der Waals surface area contributed by atoms with Crippen LogP contribution in [0.25, 0.3) is 0 Å². The molecule has 0 aliphatic heterocycles. The molecule has 0 aliphatic carbocycles. The first-order chi connectivity index (χ1) is 9.74. The lowest BCUT2D eigenvalue weighted by Crippen LogP contribution is -2.06. The predicted molar refractivity (Wildman–Crippen MR) is 79.1 cm³/mol. The number of pyridine rings is 1. The Morgan fingerprint density at radius 2 is 2.05 bits per heavy atom. The van der Waals surface area contributed by atoms with Crippen LogP contribution in [0.2, 0.25) is 0 Å². The van der Waals surface area contributed by atoms with E-state index in [1.165, 1.54) is 0 Å². The Hall–Kier alpha value is -2.07. The van der Waals surface area contributed by atoms with Crippen molar-refractivity contribution in [3.8, 4) is 11.5 Å². The van der Waals surface area contributed by atoms with E-state index in [0.717, 1.165) is 34.9 Å². The van der Waals surface area contributed by atoms with Crippen molar-refractivity contribution in [2.75, 3.05) is 14.2 Å². The number of nitrogens with zero attached hydrogens (tertiary/aromatic N) is 1. The molecule has 0 saturated carbocycles. The van der Waals surface area contributed by atoms with E-state index in [0.29, 0.717) is 6.61 Å². The lowest BCUT2D eigenvalue weighted by molar-refractivity contribution is 0.280. The number of hydrogen-bond acceptors (Lipinski definition) is 4. The van der Waals surface area contributed by atoms with Gasteiger partial charge < -0.3 is 14.8 Å². The molecule has 2 aromatic rings. The van der Waals surface area contributed by atoms with Crippen molar-refractivity contribution >= 4 is 0 Å². The molecule has 0 saturated heterocycles.